The first-order valence-corrected chi connectivity index (χ1v) is 8.26. The van der Waals surface area contributed by atoms with Crippen LogP contribution in [0.2, 0.25) is 0 Å². The van der Waals surface area contributed by atoms with Gasteiger partial charge >= 0.3 is 10.1 Å². The first kappa shape index (κ1) is 14.3. The second kappa shape index (κ2) is 6.36. The zero-order valence-electron chi connectivity index (χ0n) is 11.1. The van der Waals surface area contributed by atoms with Crippen molar-refractivity contribution in [3.8, 4) is 5.75 Å². The number of nitrogens with zero attached hydrogens (tertiary/aromatic N) is 1. The van der Waals surface area contributed by atoms with Crippen molar-refractivity contribution in [2.45, 2.75) is 6.42 Å². The number of benzene rings is 1. The fourth-order valence-corrected chi connectivity index (χ4v) is 2.57. The SMILES string of the molecule is CS(=O)(=O)Oc1ccc(CCN2CCNCC2)cc1. The van der Waals surface area contributed by atoms with Gasteiger partial charge in [0.2, 0.25) is 0 Å². The lowest BCUT2D eigenvalue weighted by Gasteiger charge is -2.27. The fraction of sp³-hybridized carbons (Fsp3) is 0.538. The van der Waals surface area contributed by atoms with E-state index in [1.54, 1.807) is 12.1 Å². The van der Waals surface area contributed by atoms with Crippen LogP contribution < -0.4 is 9.50 Å². The molecule has 2 rings (SSSR count). The van der Waals surface area contributed by atoms with Crippen LogP contribution in [0.3, 0.4) is 0 Å². The van der Waals surface area contributed by atoms with Gasteiger partial charge in [-0.3, -0.25) is 0 Å². The quantitative estimate of drug-likeness (QED) is 0.797. The molecule has 0 unspecified atom stereocenters. The van der Waals surface area contributed by atoms with E-state index in [1.165, 1.54) is 5.56 Å². The van der Waals surface area contributed by atoms with E-state index < -0.39 is 10.1 Å². The van der Waals surface area contributed by atoms with Crippen LogP contribution in [-0.2, 0) is 16.5 Å². The Morgan fingerprint density at radius 3 is 2.42 bits per heavy atom. The zero-order valence-corrected chi connectivity index (χ0v) is 11.9. The molecule has 1 fully saturated rings. The number of hydrogen-bond acceptors (Lipinski definition) is 5. The van der Waals surface area contributed by atoms with Crippen molar-refractivity contribution < 1.29 is 12.6 Å². The number of rotatable bonds is 5. The minimum Gasteiger partial charge on any atom is -0.383 e. The molecule has 1 heterocycles. The molecule has 1 aliphatic heterocycles. The van der Waals surface area contributed by atoms with E-state index in [0.29, 0.717) is 5.75 Å². The highest BCUT2D eigenvalue weighted by atomic mass is 32.2. The Morgan fingerprint density at radius 1 is 1.21 bits per heavy atom. The fourth-order valence-electron chi connectivity index (χ4n) is 2.11. The summed E-state index contributed by atoms with van der Waals surface area (Å²) >= 11 is 0. The minimum absolute atomic E-state index is 0.369. The summed E-state index contributed by atoms with van der Waals surface area (Å²) < 4.78 is 26.8. The minimum atomic E-state index is -3.43. The van der Waals surface area contributed by atoms with Gasteiger partial charge in [-0.25, -0.2) is 0 Å². The van der Waals surface area contributed by atoms with Gasteiger partial charge < -0.3 is 14.4 Å². The van der Waals surface area contributed by atoms with E-state index in [2.05, 4.69) is 10.2 Å². The Labute approximate surface area is 114 Å². The second-order valence-electron chi connectivity index (χ2n) is 4.77. The molecular weight excluding hydrogens is 264 g/mol. The lowest BCUT2D eigenvalue weighted by molar-refractivity contribution is 0.244. The molecule has 0 spiro atoms. The molecule has 0 bridgehead atoms. The van der Waals surface area contributed by atoms with Crippen molar-refractivity contribution in [2.75, 3.05) is 39.0 Å². The van der Waals surface area contributed by atoms with Crippen molar-refractivity contribution in [3.05, 3.63) is 29.8 Å². The Bertz CT molecular complexity index is 493. The normalized spacial score (nSPS) is 17.3. The Balaban J connectivity index is 1.84. The molecule has 1 aliphatic rings. The second-order valence-corrected chi connectivity index (χ2v) is 6.35. The highest BCUT2D eigenvalue weighted by Gasteiger charge is 2.09. The van der Waals surface area contributed by atoms with Gasteiger partial charge in [-0.1, -0.05) is 12.1 Å². The smallest absolute Gasteiger partial charge is 0.306 e. The lowest BCUT2D eigenvalue weighted by Crippen LogP contribution is -2.44. The topological polar surface area (TPSA) is 58.6 Å². The zero-order chi connectivity index (χ0) is 13.7. The van der Waals surface area contributed by atoms with Gasteiger partial charge in [-0.05, 0) is 24.1 Å². The van der Waals surface area contributed by atoms with Gasteiger partial charge in [0.25, 0.3) is 0 Å². The van der Waals surface area contributed by atoms with E-state index in [1.807, 2.05) is 12.1 Å². The van der Waals surface area contributed by atoms with Crippen LogP contribution in [0.5, 0.6) is 5.75 Å². The third kappa shape index (κ3) is 5.18. The average molecular weight is 284 g/mol. The monoisotopic (exact) mass is 284 g/mol. The summed E-state index contributed by atoms with van der Waals surface area (Å²) in [5, 5.41) is 3.33. The molecule has 106 valence electrons. The van der Waals surface area contributed by atoms with Crippen LogP contribution in [0.25, 0.3) is 0 Å². The Kier molecular flexibility index (Phi) is 4.79. The maximum absolute atomic E-state index is 11.0. The summed E-state index contributed by atoms with van der Waals surface area (Å²) in [6.07, 6.45) is 2.02. The summed E-state index contributed by atoms with van der Waals surface area (Å²) in [5.41, 5.74) is 1.19. The van der Waals surface area contributed by atoms with Gasteiger partial charge in [0.1, 0.15) is 5.75 Å². The van der Waals surface area contributed by atoms with Crippen molar-refractivity contribution in [1.82, 2.24) is 10.2 Å². The Hall–Kier alpha value is -1.11. The standard InChI is InChI=1S/C13H20N2O3S/c1-19(16,17)18-13-4-2-12(3-5-13)6-9-15-10-7-14-8-11-15/h2-5,14H,6-11H2,1H3. The van der Waals surface area contributed by atoms with Crippen LogP contribution in [0, 0.1) is 0 Å². The van der Waals surface area contributed by atoms with E-state index in [0.717, 1.165) is 45.4 Å². The third-order valence-corrected chi connectivity index (χ3v) is 3.59. The predicted octanol–water partition coefficient (Wildman–Crippen LogP) is 0.473. The molecule has 1 aromatic carbocycles. The molecule has 6 heteroatoms. The van der Waals surface area contributed by atoms with E-state index >= 15 is 0 Å². The predicted molar refractivity (Wildman–Crippen MR) is 74.9 cm³/mol. The molecule has 1 aromatic rings. The van der Waals surface area contributed by atoms with Gasteiger partial charge in [-0.2, -0.15) is 8.42 Å². The van der Waals surface area contributed by atoms with Crippen molar-refractivity contribution in [1.29, 1.82) is 0 Å². The first-order chi connectivity index (χ1) is 9.03. The molecule has 0 aliphatic carbocycles. The average Bonchev–Trinajstić information content (AvgIpc) is 2.37. The number of hydrogen-bond donors (Lipinski definition) is 1. The number of nitrogens with one attached hydrogen (secondary N) is 1. The molecule has 0 amide bonds. The lowest BCUT2D eigenvalue weighted by atomic mass is 10.1. The van der Waals surface area contributed by atoms with Crippen molar-refractivity contribution in [2.24, 2.45) is 0 Å². The van der Waals surface area contributed by atoms with Crippen LogP contribution in [0.15, 0.2) is 24.3 Å². The molecule has 19 heavy (non-hydrogen) atoms. The van der Waals surface area contributed by atoms with Crippen LogP contribution in [0.1, 0.15) is 5.56 Å². The van der Waals surface area contributed by atoms with Gasteiger partial charge in [0.15, 0.2) is 0 Å². The molecule has 5 nitrogen and oxygen atoms in total. The van der Waals surface area contributed by atoms with Gasteiger partial charge in [0, 0.05) is 32.7 Å². The van der Waals surface area contributed by atoms with Gasteiger partial charge in [-0.15, -0.1) is 0 Å². The van der Waals surface area contributed by atoms with Crippen molar-refractivity contribution in [3.63, 3.8) is 0 Å². The van der Waals surface area contributed by atoms with Crippen LogP contribution >= 0.6 is 0 Å². The molecule has 1 saturated heterocycles. The molecule has 0 saturated carbocycles. The molecule has 0 atom stereocenters. The van der Waals surface area contributed by atoms with Gasteiger partial charge in [0.05, 0.1) is 6.26 Å². The van der Waals surface area contributed by atoms with E-state index in [-0.39, 0.29) is 0 Å². The van der Waals surface area contributed by atoms with Crippen LogP contribution in [0.4, 0.5) is 0 Å². The maximum Gasteiger partial charge on any atom is 0.306 e. The van der Waals surface area contributed by atoms with E-state index in [4.69, 9.17) is 4.18 Å². The summed E-state index contributed by atoms with van der Waals surface area (Å²) in [6, 6.07) is 7.24. The molecule has 1 N–H and O–H groups in total. The summed E-state index contributed by atoms with van der Waals surface area (Å²) in [7, 11) is -3.43. The first-order valence-electron chi connectivity index (χ1n) is 6.44. The largest absolute Gasteiger partial charge is 0.383 e. The summed E-state index contributed by atoms with van der Waals surface area (Å²) in [4.78, 5) is 2.43. The summed E-state index contributed by atoms with van der Waals surface area (Å²) in [6.45, 7) is 5.33. The van der Waals surface area contributed by atoms with Crippen LogP contribution in [-0.4, -0.2) is 52.3 Å². The summed E-state index contributed by atoms with van der Waals surface area (Å²) in [5.74, 6) is 0.369. The third-order valence-electron chi connectivity index (χ3n) is 3.10. The highest BCUT2D eigenvalue weighted by molar-refractivity contribution is 7.86. The number of piperazine rings is 1. The molecular formula is C13H20N2O3S. The molecule has 0 aromatic heterocycles. The van der Waals surface area contributed by atoms with Crippen molar-refractivity contribution >= 4 is 10.1 Å². The van der Waals surface area contributed by atoms with E-state index in [9.17, 15) is 8.42 Å². The Morgan fingerprint density at radius 2 is 1.84 bits per heavy atom. The highest BCUT2D eigenvalue weighted by Crippen LogP contribution is 2.14. The molecule has 0 radical (unpaired) electrons. The maximum atomic E-state index is 11.0.